The van der Waals surface area contributed by atoms with Crippen LogP contribution in [0.25, 0.3) is 0 Å². The quantitative estimate of drug-likeness (QED) is 0.907. The highest BCUT2D eigenvalue weighted by atomic mass is 15.1. The molecular formula is C16H22N4. The van der Waals surface area contributed by atoms with E-state index >= 15 is 0 Å². The minimum atomic E-state index is -0.0300. The van der Waals surface area contributed by atoms with E-state index in [1.54, 1.807) is 0 Å². The van der Waals surface area contributed by atoms with Crippen LogP contribution in [-0.2, 0) is 6.54 Å². The van der Waals surface area contributed by atoms with Gasteiger partial charge in [-0.1, -0.05) is 6.07 Å². The lowest BCUT2D eigenvalue weighted by Crippen LogP contribution is -2.23. The van der Waals surface area contributed by atoms with Gasteiger partial charge in [0.1, 0.15) is 0 Å². The average molecular weight is 270 g/mol. The van der Waals surface area contributed by atoms with Gasteiger partial charge in [0, 0.05) is 18.3 Å². The number of aromatic nitrogens is 2. The molecule has 0 aromatic carbocycles. The minimum absolute atomic E-state index is 0.0300. The minimum Gasteiger partial charge on any atom is -0.365 e. The molecule has 0 spiro atoms. The van der Waals surface area contributed by atoms with Crippen molar-refractivity contribution in [2.75, 3.05) is 11.4 Å². The molecule has 4 nitrogen and oxygen atoms in total. The third-order valence-electron chi connectivity index (χ3n) is 3.28. The summed E-state index contributed by atoms with van der Waals surface area (Å²) in [5.41, 5.74) is 9.96. The van der Waals surface area contributed by atoms with Crippen molar-refractivity contribution in [3.63, 3.8) is 0 Å². The second-order valence-corrected chi connectivity index (χ2v) is 5.01. The predicted molar refractivity (Wildman–Crippen MR) is 82.5 cm³/mol. The van der Waals surface area contributed by atoms with Gasteiger partial charge in [-0.15, -0.1) is 0 Å². The SMILES string of the molecule is CCN(Cc1cccc(C)n1)c1ccc(C(C)N)nc1. The Morgan fingerprint density at radius 1 is 1.25 bits per heavy atom. The fourth-order valence-electron chi connectivity index (χ4n) is 2.12. The van der Waals surface area contributed by atoms with Crippen molar-refractivity contribution in [1.82, 2.24) is 9.97 Å². The number of nitrogens with zero attached hydrogens (tertiary/aromatic N) is 3. The highest BCUT2D eigenvalue weighted by Gasteiger charge is 2.08. The van der Waals surface area contributed by atoms with Crippen LogP contribution in [0.4, 0.5) is 5.69 Å². The molecule has 2 aromatic heterocycles. The van der Waals surface area contributed by atoms with Crippen molar-refractivity contribution in [2.45, 2.75) is 33.4 Å². The maximum atomic E-state index is 5.83. The maximum absolute atomic E-state index is 5.83. The molecule has 0 saturated carbocycles. The van der Waals surface area contributed by atoms with E-state index < -0.39 is 0 Å². The lowest BCUT2D eigenvalue weighted by Gasteiger charge is -2.23. The number of hydrogen-bond acceptors (Lipinski definition) is 4. The number of hydrogen-bond donors (Lipinski definition) is 1. The first-order valence-corrected chi connectivity index (χ1v) is 6.99. The average Bonchev–Trinajstić information content (AvgIpc) is 2.45. The van der Waals surface area contributed by atoms with E-state index in [1.807, 2.05) is 38.2 Å². The molecule has 0 radical (unpaired) electrons. The van der Waals surface area contributed by atoms with Crippen molar-refractivity contribution in [3.8, 4) is 0 Å². The van der Waals surface area contributed by atoms with Gasteiger partial charge in [-0.05, 0) is 45.0 Å². The summed E-state index contributed by atoms with van der Waals surface area (Å²) in [4.78, 5) is 11.2. The van der Waals surface area contributed by atoms with Crippen LogP contribution < -0.4 is 10.6 Å². The van der Waals surface area contributed by atoms with E-state index in [-0.39, 0.29) is 6.04 Å². The largest absolute Gasteiger partial charge is 0.365 e. The van der Waals surface area contributed by atoms with Crippen LogP contribution in [-0.4, -0.2) is 16.5 Å². The van der Waals surface area contributed by atoms with Gasteiger partial charge in [-0.3, -0.25) is 9.97 Å². The Labute approximate surface area is 120 Å². The zero-order valence-corrected chi connectivity index (χ0v) is 12.4. The van der Waals surface area contributed by atoms with Gasteiger partial charge in [0.15, 0.2) is 0 Å². The molecule has 1 unspecified atom stereocenters. The highest BCUT2D eigenvalue weighted by molar-refractivity contribution is 5.45. The molecule has 2 rings (SSSR count). The van der Waals surface area contributed by atoms with Crippen LogP contribution >= 0.6 is 0 Å². The van der Waals surface area contributed by atoms with Crippen LogP contribution in [0.15, 0.2) is 36.5 Å². The first-order chi connectivity index (χ1) is 9.60. The van der Waals surface area contributed by atoms with Crippen molar-refractivity contribution < 1.29 is 0 Å². The zero-order chi connectivity index (χ0) is 14.5. The summed E-state index contributed by atoms with van der Waals surface area (Å²) < 4.78 is 0. The molecule has 2 N–H and O–H groups in total. The summed E-state index contributed by atoms with van der Waals surface area (Å²) in [7, 11) is 0. The number of rotatable bonds is 5. The fourth-order valence-corrected chi connectivity index (χ4v) is 2.12. The Hall–Kier alpha value is -1.94. The molecule has 2 aromatic rings. The molecule has 106 valence electrons. The summed E-state index contributed by atoms with van der Waals surface area (Å²) in [6.45, 7) is 7.79. The Bertz CT molecular complexity index is 549. The Balaban J connectivity index is 2.15. The van der Waals surface area contributed by atoms with Gasteiger partial charge in [0.25, 0.3) is 0 Å². The van der Waals surface area contributed by atoms with E-state index in [0.717, 1.165) is 35.9 Å². The first-order valence-electron chi connectivity index (χ1n) is 6.99. The van der Waals surface area contributed by atoms with Gasteiger partial charge < -0.3 is 10.6 Å². The Morgan fingerprint density at radius 3 is 2.60 bits per heavy atom. The summed E-state index contributed by atoms with van der Waals surface area (Å²) >= 11 is 0. The van der Waals surface area contributed by atoms with Crippen LogP contribution in [0.2, 0.25) is 0 Å². The first kappa shape index (κ1) is 14.5. The third-order valence-corrected chi connectivity index (χ3v) is 3.28. The van der Waals surface area contributed by atoms with Crippen LogP contribution in [0.1, 0.15) is 37.0 Å². The van der Waals surface area contributed by atoms with Crippen LogP contribution in [0, 0.1) is 6.92 Å². The Morgan fingerprint density at radius 2 is 2.05 bits per heavy atom. The molecule has 1 atom stereocenters. The highest BCUT2D eigenvalue weighted by Crippen LogP contribution is 2.17. The van der Waals surface area contributed by atoms with Gasteiger partial charge in [0.05, 0.1) is 29.8 Å². The third kappa shape index (κ3) is 3.54. The van der Waals surface area contributed by atoms with Crippen molar-refractivity contribution >= 4 is 5.69 Å². The molecule has 0 aliphatic rings. The summed E-state index contributed by atoms with van der Waals surface area (Å²) in [5.74, 6) is 0. The molecule has 0 saturated heterocycles. The molecule has 0 bridgehead atoms. The van der Waals surface area contributed by atoms with E-state index in [4.69, 9.17) is 5.73 Å². The van der Waals surface area contributed by atoms with E-state index in [2.05, 4.69) is 33.9 Å². The molecule has 2 heterocycles. The molecular weight excluding hydrogens is 248 g/mol. The van der Waals surface area contributed by atoms with Gasteiger partial charge in [-0.2, -0.15) is 0 Å². The standard InChI is InChI=1S/C16H22N4/c1-4-20(11-14-7-5-6-12(2)19-14)15-8-9-16(13(3)17)18-10-15/h5-10,13H,4,11,17H2,1-3H3. The predicted octanol–water partition coefficient (Wildman–Crippen LogP) is 2.83. The lowest BCUT2D eigenvalue weighted by molar-refractivity contribution is 0.770. The van der Waals surface area contributed by atoms with Crippen molar-refractivity contribution in [2.24, 2.45) is 5.73 Å². The van der Waals surface area contributed by atoms with Crippen molar-refractivity contribution in [1.29, 1.82) is 0 Å². The van der Waals surface area contributed by atoms with E-state index in [0.29, 0.717) is 0 Å². The molecule has 0 aliphatic heterocycles. The molecule has 0 aliphatic carbocycles. The number of nitrogens with two attached hydrogens (primary N) is 1. The molecule has 0 amide bonds. The Kier molecular flexibility index (Phi) is 4.69. The second kappa shape index (κ2) is 6.48. The number of aryl methyl sites for hydroxylation is 1. The second-order valence-electron chi connectivity index (χ2n) is 5.01. The van der Waals surface area contributed by atoms with Crippen LogP contribution in [0.5, 0.6) is 0 Å². The number of anilines is 1. The molecule has 20 heavy (non-hydrogen) atoms. The monoisotopic (exact) mass is 270 g/mol. The number of pyridine rings is 2. The van der Waals surface area contributed by atoms with Gasteiger partial charge in [0.2, 0.25) is 0 Å². The topological polar surface area (TPSA) is 55.0 Å². The van der Waals surface area contributed by atoms with E-state index in [1.165, 1.54) is 0 Å². The molecule has 0 fully saturated rings. The normalized spacial score (nSPS) is 12.2. The fraction of sp³-hybridized carbons (Fsp3) is 0.375. The van der Waals surface area contributed by atoms with Gasteiger partial charge >= 0.3 is 0 Å². The molecule has 4 heteroatoms. The maximum Gasteiger partial charge on any atom is 0.0602 e. The smallest absolute Gasteiger partial charge is 0.0602 e. The van der Waals surface area contributed by atoms with Gasteiger partial charge in [-0.25, -0.2) is 0 Å². The summed E-state index contributed by atoms with van der Waals surface area (Å²) in [6.07, 6.45) is 1.89. The van der Waals surface area contributed by atoms with Crippen molar-refractivity contribution in [3.05, 3.63) is 53.6 Å². The van der Waals surface area contributed by atoms with Crippen LogP contribution in [0.3, 0.4) is 0 Å². The summed E-state index contributed by atoms with van der Waals surface area (Å²) in [5, 5.41) is 0. The summed E-state index contributed by atoms with van der Waals surface area (Å²) in [6, 6.07) is 10.1. The van der Waals surface area contributed by atoms with E-state index in [9.17, 15) is 0 Å². The zero-order valence-electron chi connectivity index (χ0n) is 12.4. The lowest BCUT2D eigenvalue weighted by atomic mass is 10.2.